The van der Waals surface area contributed by atoms with Gasteiger partial charge in [0.2, 0.25) is 11.8 Å². The van der Waals surface area contributed by atoms with Gasteiger partial charge in [0.15, 0.2) is 0 Å². The fraction of sp³-hybridized carbons (Fsp3) is 0.500. The fourth-order valence-electron chi connectivity index (χ4n) is 2.38. The largest absolute Gasteiger partial charge is 0.368 e. The summed E-state index contributed by atoms with van der Waals surface area (Å²) in [6.07, 6.45) is 1.47. The molecule has 1 aliphatic rings. The molecule has 1 unspecified atom stereocenters. The Bertz CT molecular complexity index is 532. The maximum absolute atomic E-state index is 12.1. The molecular weight excluding hydrogens is 304 g/mol. The maximum Gasteiger partial charge on any atom is 0.317 e. The van der Waals surface area contributed by atoms with Crippen LogP contribution in [0.5, 0.6) is 0 Å². The summed E-state index contributed by atoms with van der Waals surface area (Å²) in [5.74, 6) is -1.09. The normalized spacial score (nSPS) is 17.8. The van der Waals surface area contributed by atoms with Crippen LogP contribution in [0, 0.1) is 5.92 Å². The van der Waals surface area contributed by atoms with E-state index in [4.69, 9.17) is 5.73 Å². The lowest BCUT2D eigenvalue weighted by Gasteiger charge is -2.32. The molecule has 0 aliphatic carbocycles. The van der Waals surface area contributed by atoms with Gasteiger partial charge in [-0.3, -0.25) is 9.59 Å². The van der Waals surface area contributed by atoms with Crippen molar-refractivity contribution in [2.75, 3.05) is 19.6 Å². The second kappa shape index (κ2) is 7.79. The zero-order valence-electron chi connectivity index (χ0n) is 12.2. The van der Waals surface area contributed by atoms with E-state index in [0.717, 1.165) is 11.3 Å². The molecule has 1 aromatic heterocycles. The SMILES string of the molecule is NC(=O)CNC(=O)C1CCCN(C(=O)NCc2cccs2)C1. The second-order valence-electron chi connectivity index (χ2n) is 5.21. The molecule has 22 heavy (non-hydrogen) atoms. The summed E-state index contributed by atoms with van der Waals surface area (Å²) in [5, 5.41) is 7.31. The number of piperidine rings is 1. The van der Waals surface area contributed by atoms with Crippen molar-refractivity contribution < 1.29 is 14.4 Å². The number of thiophene rings is 1. The van der Waals surface area contributed by atoms with Crippen LogP contribution in [0.25, 0.3) is 0 Å². The van der Waals surface area contributed by atoms with Gasteiger partial charge >= 0.3 is 6.03 Å². The minimum Gasteiger partial charge on any atom is -0.368 e. The average molecular weight is 324 g/mol. The number of carbonyl (C=O) groups excluding carboxylic acids is 3. The molecule has 1 aliphatic heterocycles. The molecule has 0 radical (unpaired) electrons. The topological polar surface area (TPSA) is 105 Å². The van der Waals surface area contributed by atoms with E-state index >= 15 is 0 Å². The Balaban J connectivity index is 1.80. The Hall–Kier alpha value is -2.09. The van der Waals surface area contributed by atoms with Gasteiger partial charge < -0.3 is 21.3 Å². The van der Waals surface area contributed by atoms with Crippen LogP contribution in [0.15, 0.2) is 17.5 Å². The van der Waals surface area contributed by atoms with Crippen LogP contribution >= 0.6 is 11.3 Å². The third-order valence-electron chi connectivity index (χ3n) is 3.51. The number of rotatable bonds is 5. The van der Waals surface area contributed by atoms with Crippen molar-refractivity contribution in [3.63, 3.8) is 0 Å². The number of hydrogen-bond acceptors (Lipinski definition) is 4. The van der Waals surface area contributed by atoms with Crippen molar-refractivity contribution in [3.05, 3.63) is 22.4 Å². The Morgan fingerprint density at radius 3 is 2.86 bits per heavy atom. The Morgan fingerprint density at radius 2 is 2.18 bits per heavy atom. The summed E-state index contributed by atoms with van der Waals surface area (Å²) < 4.78 is 0. The molecule has 4 amide bonds. The highest BCUT2D eigenvalue weighted by molar-refractivity contribution is 7.09. The molecule has 0 saturated carbocycles. The van der Waals surface area contributed by atoms with E-state index in [1.54, 1.807) is 16.2 Å². The van der Waals surface area contributed by atoms with Gasteiger partial charge in [0.25, 0.3) is 0 Å². The number of carbonyl (C=O) groups is 3. The monoisotopic (exact) mass is 324 g/mol. The molecule has 1 aromatic rings. The van der Waals surface area contributed by atoms with E-state index in [-0.39, 0.29) is 24.4 Å². The molecule has 2 heterocycles. The van der Waals surface area contributed by atoms with Gasteiger partial charge in [-0.1, -0.05) is 6.07 Å². The van der Waals surface area contributed by atoms with Gasteiger partial charge in [-0.15, -0.1) is 11.3 Å². The molecule has 2 rings (SSSR count). The van der Waals surface area contributed by atoms with E-state index in [9.17, 15) is 14.4 Å². The standard InChI is InChI=1S/C14H20N4O3S/c15-12(19)8-16-13(20)10-3-1-5-18(9-10)14(21)17-7-11-4-2-6-22-11/h2,4,6,10H,1,3,5,7-9H2,(H2,15,19)(H,16,20)(H,17,21). The van der Waals surface area contributed by atoms with Gasteiger partial charge in [0, 0.05) is 18.0 Å². The molecule has 120 valence electrons. The zero-order valence-corrected chi connectivity index (χ0v) is 13.0. The van der Waals surface area contributed by atoms with Crippen LogP contribution in [0.3, 0.4) is 0 Å². The van der Waals surface area contributed by atoms with Crippen molar-refractivity contribution in [1.29, 1.82) is 0 Å². The first kappa shape index (κ1) is 16.3. The summed E-state index contributed by atoms with van der Waals surface area (Å²) >= 11 is 1.59. The first-order valence-corrected chi connectivity index (χ1v) is 8.05. The van der Waals surface area contributed by atoms with Crippen molar-refractivity contribution in [3.8, 4) is 0 Å². The molecule has 1 atom stereocenters. The molecule has 7 nitrogen and oxygen atoms in total. The molecule has 4 N–H and O–H groups in total. The predicted molar refractivity (Wildman–Crippen MR) is 83.1 cm³/mol. The van der Waals surface area contributed by atoms with E-state index < -0.39 is 5.91 Å². The number of nitrogens with zero attached hydrogens (tertiary/aromatic N) is 1. The number of nitrogens with one attached hydrogen (secondary N) is 2. The summed E-state index contributed by atoms with van der Waals surface area (Å²) in [4.78, 5) is 37.5. The molecule has 0 bridgehead atoms. The number of amides is 4. The molecule has 8 heteroatoms. The van der Waals surface area contributed by atoms with Crippen molar-refractivity contribution in [2.24, 2.45) is 11.7 Å². The van der Waals surface area contributed by atoms with Crippen LogP contribution in [0.1, 0.15) is 17.7 Å². The van der Waals surface area contributed by atoms with Crippen molar-refractivity contribution >= 4 is 29.2 Å². The van der Waals surface area contributed by atoms with Gasteiger partial charge in [-0.2, -0.15) is 0 Å². The number of hydrogen-bond donors (Lipinski definition) is 3. The highest BCUT2D eigenvalue weighted by Gasteiger charge is 2.28. The first-order valence-electron chi connectivity index (χ1n) is 7.17. The van der Waals surface area contributed by atoms with Crippen LogP contribution in [0.2, 0.25) is 0 Å². The first-order chi connectivity index (χ1) is 10.6. The number of primary amides is 1. The summed E-state index contributed by atoms with van der Waals surface area (Å²) in [7, 11) is 0. The van der Waals surface area contributed by atoms with Crippen LogP contribution in [0.4, 0.5) is 4.79 Å². The maximum atomic E-state index is 12.1. The summed E-state index contributed by atoms with van der Waals surface area (Å²) in [5.41, 5.74) is 5.00. The lowest BCUT2D eigenvalue weighted by atomic mass is 9.97. The average Bonchev–Trinajstić information content (AvgIpc) is 3.03. The van der Waals surface area contributed by atoms with Gasteiger partial charge in [0.1, 0.15) is 0 Å². The predicted octanol–water partition coefficient (Wildman–Crippen LogP) is 0.271. The Labute approximate surface area is 132 Å². The second-order valence-corrected chi connectivity index (χ2v) is 6.24. The third-order valence-corrected chi connectivity index (χ3v) is 4.39. The van der Waals surface area contributed by atoms with E-state index in [1.807, 2.05) is 17.5 Å². The highest BCUT2D eigenvalue weighted by Crippen LogP contribution is 2.17. The van der Waals surface area contributed by atoms with Gasteiger partial charge in [-0.25, -0.2) is 4.79 Å². The third kappa shape index (κ3) is 4.73. The van der Waals surface area contributed by atoms with Crippen LogP contribution in [-0.2, 0) is 16.1 Å². The van der Waals surface area contributed by atoms with E-state index in [0.29, 0.717) is 26.1 Å². The molecule has 0 aromatic carbocycles. The van der Waals surface area contributed by atoms with E-state index in [2.05, 4.69) is 10.6 Å². The Morgan fingerprint density at radius 1 is 1.36 bits per heavy atom. The van der Waals surface area contributed by atoms with E-state index in [1.165, 1.54) is 0 Å². The van der Waals surface area contributed by atoms with Crippen molar-refractivity contribution in [1.82, 2.24) is 15.5 Å². The summed E-state index contributed by atoms with van der Waals surface area (Å²) in [6.45, 7) is 1.32. The Kier molecular flexibility index (Phi) is 5.76. The molecule has 1 saturated heterocycles. The van der Waals surface area contributed by atoms with Gasteiger partial charge in [0.05, 0.1) is 19.0 Å². The lowest BCUT2D eigenvalue weighted by molar-refractivity contribution is -0.128. The quantitative estimate of drug-likeness (QED) is 0.724. The molecule has 1 fully saturated rings. The number of urea groups is 1. The highest BCUT2D eigenvalue weighted by atomic mass is 32.1. The lowest BCUT2D eigenvalue weighted by Crippen LogP contribution is -2.49. The van der Waals surface area contributed by atoms with Crippen LogP contribution < -0.4 is 16.4 Å². The minimum atomic E-state index is -0.574. The minimum absolute atomic E-state index is 0.166. The number of nitrogens with two attached hydrogens (primary N) is 1. The smallest absolute Gasteiger partial charge is 0.317 e. The number of likely N-dealkylation sites (tertiary alicyclic amines) is 1. The molecule has 0 spiro atoms. The fourth-order valence-corrected chi connectivity index (χ4v) is 3.03. The zero-order chi connectivity index (χ0) is 15.9. The summed E-state index contributed by atoms with van der Waals surface area (Å²) in [6, 6.07) is 3.73. The van der Waals surface area contributed by atoms with Crippen LogP contribution in [-0.4, -0.2) is 42.4 Å². The van der Waals surface area contributed by atoms with Gasteiger partial charge in [-0.05, 0) is 24.3 Å². The molecular formula is C14H20N4O3S. The van der Waals surface area contributed by atoms with Crippen molar-refractivity contribution in [2.45, 2.75) is 19.4 Å².